The highest BCUT2D eigenvalue weighted by atomic mass is 16.2. The number of anilines is 1. The van der Waals surface area contributed by atoms with Crippen molar-refractivity contribution in [1.29, 1.82) is 0 Å². The number of carbonyl (C=O) groups excluding carboxylic acids is 1. The van der Waals surface area contributed by atoms with E-state index in [1.807, 2.05) is 0 Å². The molecule has 100 valence electrons. The maximum atomic E-state index is 12.1. The van der Waals surface area contributed by atoms with Gasteiger partial charge in [-0.1, -0.05) is 0 Å². The fraction of sp³-hybridized carbons (Fsp3) is 0.500. The molecule has 1 heterocycles. The number of unbranched alkanes of at least 4 members (excludes halogenated alkanes) is 2. The van der Waals surface area contributed by atoms with Crippen LogP contribution in [0.25, 0.3) is 0 Å². The third-order valence-corrected chi connectivity index (χ3v) is 2.71. The van der Waals surface area contributed by atoms with E-state index in [1.165, 1.54) is 6.20 Å². The molecule has 0 saturated carbocycles. The highest BCUT2D eigenvalue weighted by Crippen LogP contribution is 2.14. The number of nitrogens with zero attached hydrogens (tertiary/aromatic N) is 2. The second kappa shape index (κ2) is 7.62. The summed E-state index contributed by atoms with van der Waals surface area (Å²) in [7, 11) is 1.75. The van der Waals surface area contributed by atoms with Gasteiger partial charge in [0.1, 0.15) is 0 Å². The molecular weight excluding hydrogens is 232 g/mol. The van der Waals surface area contributed by atoms with E-state index in [1.54, 1.807) is 24.2 Å². The highest BCUT2D eigenvalue weighted by molar-refractivity contribution is 5.99. The Morgan fingerprint density at radius 3 is 2.94 bits per heavy atom. The molecule has 1 aromatic heterocycles. The molecule has 0 atom stereocenters. The third kappa shape index (κ3) is 3.97. The fourth-order valence-corrected chi connectivity index (χ4v) is 1.64. The number of pyridine rings is 1. The summed E-state index contributed by atoms with van der Waals surface area (Å²) in [5, 5.41) is 8.68. The van der Waals surface area contributed by atoms with Gasteiger partial charge < -0.3 is 15.4 Å². The molecule has 1 rings (SSSR count). The zero-order chi connectivity index (χ0) is 13.4. The van der Waals surface area contributed by atoms with Gasteiger partial charge in [0.05, 0.1) is 17.4 Å². The molecule has 0 aliphatic carbocycles. The first-order valence-corrected chi connectivity index (χ1v) is 5.97. The van der Waals surface area contributed by atoms with Gasteiger partial charge in [-0.15, -0.1) is 0 Å². The van der Waals surface area contributed by atoms with E-state index in [4.69, 9.17) is 10.9 Å². The average molecular weight is 252 g/mol. The number of aliphatic hydroxyl groups excluding tert-OH is 1. The fourth-order valence-electron chi connectivity index (χ4n) is 1.64. The van der Waals surface area contributed by atoms with E-state index >= 15 is 0 Å². The van der Waals surface area contributed by atoms with Crippen molar-refractivity contribution < 1.29 is 9.90 Å². The average Bonchev–Trinajstić information content (AvgIpc) is 2.42. The van der Waals surface area contributed by atoms with Crippen molar-refractivity contribution >= 4 is 11.6 Å². The van der Waals surface area contributed by atoms with E-state index in [0.717, 1.165) is 19.3 Å². The Morgan fingerprint density at radius 2 is 2.28 bits per heavy atom. The standard InChI is InChI=1S/C12H20N4O2/c1-16(7-3-2-4-8-17)12(18)10-5-6-14-9-11(10)15-13/h5-6,9,15,17H,2-4,7-8,13H2,1H3. The smallest absolute Gasteiger partial charge is 0.255 e. The second-order valence-corrected chi connectivity index (χ2v) is 4.08. The van der Waals surface area contributed by atoms with Crippen LogP contribution in [0, 0.1) is 0 Å². The van der Waals surface area contributed by atoms with Crippen LogP contribution < -0.4 is 11.3 Å². The van der Waals surface area contributed by atoms with Crippen molar-refractivity contribution in [3.63, 3.8) is 0 Å². The lowest BCUT2D eigenvalue weighted by atomic mass is 10.2. The monoisotopic (exact) mass is 252 g/mol. The van der Waals surface area contributed by atoms with Gasteiger partial charge >= 0.3 is 0 Å². The van der Waals surface area contributed by atoms with Crippen LogP contribution in [0.1, 0.15) is 29.6 Å². The molecule has 1 amide bonds. The Hall–Kier alpha value is -1.66. The number of hydrazine groups is 1. The summed E-state index contributed by atoms with van der Waals surface area (Å²) < 4.78 is 0. The lowest BCUT2D eigenvalue weighted by molar-refractivity contribution is 0.0793. The van der Waals surface area contributed by atoms with E-state index in [9.17, 15) is 4.79 Å². The molecule has 18 heavy (non-hydrogen) atoms. The van der Waals surface area contributed by atoms with Gasteiger partial charge in [-0.3, -0.25) is 15.6 Å². The molecule has 6 nitrogen and oxygen atoms in total. The van der Waals surface area contributed by atoms with Crippen molar-refractivity contribution in [2.24, 2.45) is 5.84 Å². The summed E-state index contributed by atoms with van der Waals surface area (Å²) in [6, 6.07) is 1.64. The summed E-state index contributed by atoms with van der Waals surface area (Å²) in [5.41, 5.74) is 3.49. The number of nitrogens with one attached hydrogen (secondary N) is 1. The van der Waals surface area contributed by atoms with Gasteiger partial charge in [-0.2, -0.15) is 0 Å². The number of nitrogens with two attached hydrogens (primary N) is 1. The molecule has 6 heteroatoms. The summed E-state index contributed by atoms with van der Waals surface area (Å²) in [5.74, 6) is 5.25. The lowest BCUT2D eigenvalue weighted by Gasteiger charge is -2.18. The highest BCUT2D eigenvalue weighted by Gasteiger charge is 2.14. The number of amides is 1. The molecule has 0 spiro atoms. The number of nitrogen functional groups attached to an aromatic ring is 1. The molecule has 0 radical (unpaired) electrons. The number of hydrogen-bond acceptors (Lipinski definition) is 5. The van der Waals surface area contributed by atoms with Crippen LogP contribution in [0.3, 0.4) is 0 Å². The number of rotatable bonds is 7. The molecule has 0 aliphatic heterocycles. The van der Waals surface area contributed by atoms with Gasteiger partial charge in [0.15, 0.2) is 0 Å². The number of aliphatic hydroxyl groups is 1. The van der Waals surface area contributed by atoms with Crippen LogP contribution in [0.4, 0.5) is 5.69 Å². The van der Waals surface area contributed by atoms with Crippen LogP contribution in [0.2, 0.25) is 0 Å². The molecular formula is C12H20N4O2. The summed E-state index contributed by atoms with van der Waals surface area (Å²) >= 11 is 0. The number of hydrogen-bond donors (Lipinski definition) is 3. The van der Waals surface area contributed by atoms with Crippen LogP contribution in [0.15, 0.2) is 18.5 Å². The lowest BCUT2D eigenvalue weighted by Crippen LogP contribution is -2.29. The van der Waals surface area contributed by atoms with Gasteiger partial charge in [0.25, 0.3) is 5.91 Å². The first-order chi connectivity index (χ1) is 8.70. The van der Waals surface area contributed by atoms with Crippen molar-refractivity contribution in [3.8, 4) is 0 Å². The zero-order valence-electron chi connectivity index (χ0n) is 10.6. The zero-order valence-corrected chi connectivity index (χ0v) is 10.6. The van der Waals surface area contributed by atoms with Gasteiger partial charge in [0, 0.05) is 26.4 Å². The predicted molar refractivity (Wildman–Crippen MR) is 69.9 cm³/mol. The number of aromatic nitrogens is 1. The van der Waals surface area contributed by atoms with E-state index < -0.39 is 0 Å². The third-order valence-electron chi connectivity index (χ3n) is 2.71. The normalized spacial score (nSPS) is 10.2. The first kappa shape index (κ1) is 14.4. The Balaban J connectivity index is 2.57. The Bertz CT molecular complexity index is 384. The minimum atomic E-state index is -0.0886. The molecule has 1 aromatic rings. The largest absolute Gasteiger partial charge is 0.396 e. The maximum Gasteiger partial charge on any atom is 0.255 e. The SMILES string of the molecule is CN(CCCCCO)C(=O)c1ccncc1NN. The molecule has 0 aromatic carbocycles. The van der Waals surface area contributed by atoms with Crippen molar-refractivity contribution in [1.82, 2.24) is 9.88 Å². The minimum Gasteiger partial charge on any atom is -0.396 e. The molecule has 0 saturated heterocycles. The predicted octanol–water partition coefficient (Wildman–Crippen LogP) is 0.602. The summed E-state index contributed by atoms with van der Waals surface area (Å²) in [4.78, 5) is 17.7. The van der Waals surface area contributed by atoms with Crippen LogP contribution in [-0.4, -0.2) is 41.1 Å². The van der Waals surface area contributed by atoms with Crippen LogP contribution in [0.5, 0.6) is 0 Å². The maximum absolute atomic E-state index is 12.1. The molecule has 0 aliphatic rings. The van der Waals surface area contributed by atoms with Crippen molar-refractivity contribution in [3.05, 3.63) is 24.0 Å². The molecule has 0 unspecified atom stereocenters. The van der Waals surface area contributed by atoms with E-state index in [-0.39, 0.29) is 12.5 Å². The molecule has 0 fully saturated rings. The van der Waals surface area contributed by atoms with Gasteiger partial charge in [-0.25, -0.2) is 0 Å². The summed E-state index contributed by atoms with van der Waals surface area (Å²) in [6.45, 7) is 0.856. The van der Waals surface area contributed by atoms with Crippen LogP contribution >= 0.6 is 0 Å². The van der Waals surface area contributed by atoms with Gasteiger partial charge in [0.2, 0.25) is 0 Å². The Morgan fingerprint density at radius 1 is 1.50 bits per heavy atom. The summed E-state index contributed by atoms with van der Waals surface area (Å²) in [6.07, 6.45) is 5.64. The first-order valence-electron chi connectivity index (χ1n) is 5.97. The minimum absolute atomic E-state index is 0.0886. The molecule has 0 bridgehead atoms. The van der Waals surface area contributed by atoms with Crippen molar-refractivity contribution in [2.75, 3.05) is 25.6 Å². The Labute approximate surface area is 107 Å². The Kier molecular flexibility index (Phi) is 6.10. The van der Waals surface area contributed by atoms with Crippen molar-refractivity contribution in [2.45, 2.75) is 19.3 Å². The topological polar surface area (TPSA) is 91.5 Å². The van der Waals surface area contributed by atoms with E-state index in [0.29, 0.717) is 17.8 Å². The van der Waals surface area contributed by atoms with Crippen LogP contribution in [-0.2, 0) is 0 Å². The quantitative estimate of drug-likeness (QED) is 0.375. The van der Waals surface area contributed by atoms with Gasteiger partial charge in [-0.05, 0) is 25.3 Å². The molecule has 4 N–H and O–H groups in total. The van der Waals surface area contributed by atoms with E-state index in [2.05, 4.69) is 10.4 Å². The number of carbonyl (C=O) groups is 1. The second-order valence-electron chi connectivity index (χ2n) is 4.08.